The van der Waals surface area contributed by atoms with Gasteiger partial charge in [0.05, 0.1) is 36.6 Å². The monoisotopic (exact) mass is 672 g/mol. The van der Waals surface area contributed by atoms with Crippen LogP contribution in [0.4, 0.5) is 4.79 Å². The molecule has 10 nitrogen and oxygen atoms in total. The van der Waals surface area contributed by atoms with Gasteiger partial charge in [-0.05, 0) is 109 Å². The number of fused-ring (bicyclic) bond motifs is 4. The molecular formula is C38H64N4O6. The Balaban J connectivity index is 1.01. The van der Waals surface area contributed by atoms with Gasteiger partial charge in [0.1, 0.15) is 6.10 Å². The lowest BCUT2D eigenvalue weighted by molar-refractivity contribution is -0.247. The second-order valence-corrected chi connectivity index (χ2v) is 19.1. The number of nitrogens with two attached hydrogens (primary N) is 2. The fourth-order valence-corrected chi connectivity index (χ4v) is 14.1. The van der Waals surface area contributed by atoms with E-state index in [1.165, 1.54) is 19.3 Å². The lowest BCUT2D eigenvalue weighted by Crippen LogP contribution is -2.70. The SMILES string of the molecule is CC(C)C(OC(N)=O)[C@@H]1C[C@@H](C)[C@H]2C(O1)[C@H](O)[C@@]1(N)C3CC[C@H]4C(C)(C)C(OC5CN(CC6CNC6)CCO5)CCC45CC35CCC21C. The van der Waals surface area contributed by atoms with E-state index in [1.807, 2.05) is 13.8 Å². The summed E-state index contributed by atoms with van der Waals surface area (Å²) < 4.78 is 25.6. The van der Waals surface area contributed by atoms with Crippen LogP contribution in [0.2, 0.25) is 0 Å². The Morgan fingerprint density at radius 1 is 1.08 bits per heavy atom. The second kappa shape index (κ2) is 11.5. The molecule has 10 heteroatoms. The summed E-state index contributed by atoms with van der Waals surface area (Å²) in [5, 5.41) is 15.9. The number of aliphatic hydroxyl groups is 1. The van der Waals surface area contributed by atoms with Gasteiger partial charge in [-0.2, -0.15) is 0 Å². The number of morpholine rings is 1. The van der Waals surface area contributed by atoms with Crippen molar-refractivity contribution in [1.82, 2.24) is 10.2 Å². The quantitative estimate of drug-likeness (QED) is 0.317. The summed E-state index contributed by atoms with van der Waals surface area (Å²) >= 11 is 0. The molecule has 8 rings (SSSR count). The third-order valence-electron chi connectivity index (χ3n) is 16.3. The van der Waals surface area contributed by atoms with Crippen LogP contribution in [-0.2, 0) is 18.9 Å². The van der Waals surface area contributed by atoms with Crippen molar-refractivity contribution >= 4 is 6.09 Å². The average molecular weight is 673 g/mol. The zero-order valence-corrected chi connectivity index (χ0v) is 30.4. The molecule has 0 aromatic rings. The van der Waals surface area contributed by atoms with Crippen LogP contribution in [0.3, 0.4) is 0 Å². The minimum absolute atomic E-state index is 0.0399. The molecule has 0 radical (unpaired) electrons. The van der Waals surface area contributed by atoms with Crippen molar-refractivity contribution in [2.24, 2.45) is 68.6 Å². The highest BCUT2D eigenvalue weighted by Crippen LogP contribution is 2.87. The first-order valence-corrected chi connectivity index (χ1v) is 19.5. The van der Waals surface area contributed by atoms with Gasteiger partial charge in [0, 0.05) is 32.7 Å². The number of primary amides is 1. The molecule has 1 amide bonds. The number of carbonyl (C=O) groups is 1. The minimum Gasteiger partial charge on any atom is -0.443 e. The van der Waals surface area contributed by atoms with Gasteiger partial charge in [-0.3, -0.25) is 4.90 Å². The molecule has 6 N–H and O–H groups in total. The Hall–Kier alpha value is -1.01. The standard InChI is InChI=1S/C38H64N4O6/c1-21(2)30(48-33(39)44)24-15-22(3)29-31(46-24)32(43)38(40)26-8-7-25-34(4,5)27(9-10-36(25)20-37(26,36)12-11-35(29,38)6)47-28-19-42(13-14-45-28)18-23-16-41-17-23/h21-32,41,43H,7-20,40H2,1-6H3,(H2,39,44)/t22-,24+,25+,26?,27?,28?,29+,30?,31?,32+,35?,36?,37?,38+/m1/s1. The predicted molar refractivity (Wildman–Crippen MR) is 182 cm³/mol. The molecule has 3 heterocycles. The number of hydrogen-bond acceptors (Lipinski definition) is 9. The number of nitrogens with zero attached hydrogens (tertiary/aromatic N) is 1. The van der Waals surface area contributed by atoms with Crippen LogP contribution in [0.5, 0.6) is 0 Å². The van der Waals surface area contributed by atoms with Gasteiger partial charge in [-0.15, -0.1) is 0 Å². The Morgan fingerprint density at radius 3 is 2.50 bits per heavy atom. The lowest BCUT2D eigenvalue weighted by Gasteiger charge is -2.63. The molecule has 5 aliphatic carbocycles. The third-order valence-corrected chi connectivity index (χ3v) is 16.3. The first-order valence-electron chi connectivity index (χ1n) is 19.5. The van der Waals surface area contributed by atoms with E-state index in [-0.39, 0.29) is 69.9 Å². The number of hydrogen-bond donors (Lipinski definition) is 4. The molecule has 5 saturated carbocycles. The smallest absolute Gasteiger partial charge is 0.404 e. The van der Waals surface area contributed by atoms with E-state index in [0.29, 0.717) is 5.92 Å². The van der Waals surface area contributed by atoms with Gasteiger partial charge < -0.3 is 40.8 Å². The topological polar surface area (TPSA) is 142 Å². The number of ether oxygens (including phenoxy) is 4. The summed E-state index contributed by atoms with van der Waals surface area (Å²) in [7, 11) is 0. The molecule has 48 heavy (non-hydrogen) atoms. The average Bonchev–Trinajstić information content (AvgIpc) is 3.64. The summed E-state index contributed by atoms with van der Waals surface area (Å²) in [6.45, 7) is 19.7. The minimum atomic E-state index is -0.772. The molecule has 3 saturated heterocycles. The maximum atomic E-state index is 12.4. The molecule has 2 spiro atoms. The zero-order chi connectivity index (χ0) is 34.0. The molecule has 8 unspecified atom stereocenters. The number of aliphatic hydroxyl groups excluding tert-OH is 1. The Kier molecular flexibility index (Phi) is 8.17. The Labute approximate surface area is 288 Å². The summed E-state index contributed by atoms with van der Waals surface area (Å²) in [6.07, 6.45) is 6.01. The van der Waals surface area contributed by atoms with E-state index < -0.39 is 23.8 Å². The van der Waals surface area contributed by atoms with E-state index in [0.717, 1.165) is 77.4 Å². The van der Waals surface area contributed by atoms with Crippen LogP contribution in [0, 0.1) is 57.2 Å². The van der Waals surface area contributed by atoms with Crippen LogP contribution in [-0.4, -0.2) is 97.8 Å². The number of nitrogens with one attached hydrogen (secondary N) is 1. The van der Waals surface area contributed by atoms with Crippen molar-refractivity contribution in [3.05, 3.63) is 0 Å². The molecule has 8 fully saturated rings. The lowest BCUT2D eigenvalue weighted by atomic mass is 9.43. The maximum absolute atomic E-state index is 12.4. The van der Waals surface area contributed by atoms with Crippen LogP contribution in [0.15, 0.2) is 0 Å². The number of amides is 1. The summed E-state index contributed by atoms with van der Waals surface area (Å²) in [5.41, 5.74) is 12.8. The maximum Gasteiger partial charge on any atom is 0.404 e. The molecule has 0 aromatic heterocycles. The molecule has 8 aliphatic rings. The largest absolute Gasteiger partial charge is 0.443 e. The normalized spacial score (nSPS) is 51.8. The van der Waals surface area contributed by atoms with Crippen LogP contribution in [0.25, 0.3) is 0 Å². The molecule has 14 atom stereocenters. The predicted octanol–water partition coefficient (Wildman–Crippen LogP) is 3.87. The number of carbonyl (C=O) groups excluding carboxylic acids is 1. The third kappa shape index (κ3) is 4.64. The number of rotatable bonds is 7. The Morgan fingerprint density at radius 2 is 1.81 bits per heavy atom. The van der Waals surface area contributed by atoms with Crippen molar-refractivity contribution in [2.75, 3.05) is 39.3 Å². The van der Waals surface area contributed by atoms with Crippen LogP contribution < -0.4 is 16.8 Å². The van der Waals surface area contributed by atoms with E-state index in [9.17, 15) is 9.90 Å². The van der Waals surface area contributed by atoms with Gasteiger partial charge in [0.2, 0.25) is 0 Å². The highest BCUT2D eigenvalue weighted by molar-refractivity contribution is 5.64. The van der Waals surface area contributed by atoms with Gasteiger partial charge >= 0.3 is 6.09 Å². The molecule has 3 aliphatic heterocycles. The highest BCUT2D eigenvalue weighted by Gasteiger charge is 2.85. The van der Waals surface area contributed by atoms with Crippen molar-refractivity contribution in [1.29, 1.82) is 0 Å². The van der Waals surface area contributed by atoms with E-state index in [2.05, 4.69) is 37.9 Å². The van der Waals surface area contributed by atoms with Crippen molar-refractivity contribution in [3.8, 4) is 0 Å². The van der Waals surface area contributed by atoms with Crippen molar-refractivity contribution in [2.45, 2.75) is 135 Å². The summed E-state index contributed by atoms with van der Waals surface area (Å²) in [4.78, 5) is 14.4. The first kappa shape index (κ1) is 34.1. The van der Waals surface area contributed by atoms with Crippen LogP contribution >= 0.6 is 0 Å². The summed E-state index contributed by atoms with van der Waals surface area (Å²) in [5.74, 6) is 2.09. The fourth-order valence-electron chi connectivity index (χ4n) is 14.1. The first-order chi connectivity index (χ1) is 22.7. The molecule has 272 valence electrons. The van der Waals surface area contributed by atoms with E-state index in [4.69, 9.17) is 30.4 Å². The molecular weight excluding hydrogens is 608 g/mol. The highest BCUT2D eigenvalue weighted by atomic mass is 16.7. The van der Waals surface area contributed by atoms with Gasteiger partial charge in [-0.25, -0.2) is 4.79 Å². The van der Waals surface area contributed by atoms with Gasteiger partial charge in [0.25, 0.3) is 0 Å². The van der Waals surface area contributed by atoms with E-state index in [1.54, 1.807) is 0 Å². The van der Waals surface area contributed by atoms with Gasteiger partial charge in [0.15, 0.2) is 6.29 Å². The van der Waals surface area contributed by atoms with Crippen molar-refractivity contribution < 1.29 is 28.8 Å². The fraction of sp³-hybridized carbons (Fsp3) is 0.974. The van der Waals surface area contributed by atoms with E-state index >= 15 is 0 Å². The molecule has 0 aromatic carbocycles. The summed E-state index contributed by atoms with van der Waals surface area (Å²) in [6, 6.07) is 0. The van der Waals surface area contributed by atoms with Crippen LogP contribution in [0.1, 0.15) is 92.9 Å². The second-order valence-electron chi connectivity index (χ2n) is 19.1. The zero-order valence-electron chi connectivity index (χ0n) is 30.4. The van der Waals surface area contributed by atoms with Crippen molar-refractivity contribution in [3.63, 3.8) is 0 Å². The molecule has 0 bridgehead atoms. The Bertz CT molecular complexity index is 1260. The van der Waals surface area contributed by atoms with Gasteiger partial charge in [-0.1, -0.05) is 41.5 Å².